The van der Waals surface area contributed by atoms with E-state index in [0.717, 1.165) is 19.3 Å². The van der Waals surface area contributed by atoms with Crippen molar-refractivity contribution in [2.45, 2.75) is 44.9 Å². The van der Waals surface area contributed by atoms with Crippen molar-refractivity contribution in [2.24, 2.45) is 0 Å². The van der Waals surface area contributed by atoms with Gasteiger partial charge in [-0.15, -0.1) is 6.58 Å². The van der Waals surface area contributed by atoms with Crippen LogP contribution in [0.3, 0.4) is 0 Å². The Kier molecular flexibility index (Phi) is 7.80. The molecule has 80 valence electrons. The van der Waals surface area contributed by atoms with Crippen LogP contribution in [0.15, 0.2) is 12.7 Å². The number of carbonyl (C=O) groups excluding carboxylic acids is 1. The maximum absolute atomic E-state index is 11.2. The first-order chi connectivity index (χ1) is 6.66. The second-order valence-electron chi connectivity index (χ2n) is 3.32. The molecule has 3 nitrogen and oxygen atoms in total. The molecule has 0 aliphatic rings. The van der Waals surface area contributed by atoms with E-state index >= 15 is 0 Å². The molecule has 0 unspecified atom stereocenters. The summed E-state index contributed by atoms with van der Waals surface area (Å²) >= 11 is 0. The molecule has 0 radical (unpaired) electrons. The molecule has 1 N–H and O–H groups in total. The fraction of sp³-hybridized carbons (Fsp3) is 0.636. The van der Waals surface area contributed by atoms with E-state index in [4.69, 9.17) is 5.11 Å². The lowest BCUT2D eigenvalue weighted by atomic mass is 10.1. The molecule has 0 aromatic heterocycles. The predicted octanol–water partition coefficient (Wildman–Crippen LogP) is 2.56. The third-order valence-electron chi connectivity index (χ3n) is 1.96. The van der Waals surface area contributed by atoms with Gasteiger partial charge >= 0.3 is 5.97 Å². The fourth-order valence-electron chi connectivity index (χ4n) is 1.17. The highest BCUT2D eigenvalue weighted by atomic mass is 16.4. The maximum atomic E-state index is 11.2. The Labute approximate surface area is 84.8 Å². The Morgan fingerprint density at radius 1 is 1.07 bits per heavy atom. The number of rotatable bonds is 9. The molecule has 0 rings (SSSR count). The molecule has 0 amide bonds. The molecule has 0 aromatic carbocycles. The maximum Gasteiger partial charge on any atom is 0.303 e. The zero-order chi connectivity index (χ0) is 10.8. The molecule has 0 aliphatic heterocycles. The van der Waals surface area contributed by atoms with Crippen LogP contribution in [0.2, 0.25) is 0 Å². The molecule has 3 heteroatoms. The molecule has 0 saturated heterocycles. The van der Waals surface area contributed by atoms with E-state index in [1.807, 2.05) is 6.08 Å². The normalized spacial score (nSPS) is 9.71. The van der Waals surface area contributed by atoms with Gasteiger partial charge in [0.25, 0.3) is 0 Å². The SMILES string of the molecule is C=CCCCCC(=O)CCCC(=O)O. The summed E-state index contributed by atoms with van der Waals surface area (Å²) in [6.07, 6.45) is 6.21. The quantitative estimate of drug-likeness (QED) is 0.457. The summed E-state index contributed by atoms with van der Waals surface area (Å²) < 4.78 is 0. The largest absolute Gasteiger partial charge is 0.481 e. The van der Waals surface area contributed by atoms with Crippen molar-refractivity contribution in [1.82, 2.24) is 0 Å². The van der Waals surface area contributed by atoms with Gasteiger partial charge < -0.3 is 5.11 Å². The molecule has 0 aromatic rings. The Bertz CT molecular complexity index is 197. The molecule has 0 aliphatic carbocycles. The third kappa shape index (κ3) is 8.97. The van der Waals surface area contributed by atoms with Crippen LogP contribution in [0.1, 0.15) is 44.9 Å². The Morgan fingerprint density at radius 3 is 2.29 bits per heavy atom. The van der Waals surface area contributed by atoms with E-state index in [1.54, 1.807) is 0 Å². The average molecular weight is 198 g/mol. The number of ketones is 1. The van der Waals surface area contributed by atoms with E-state index in [1.165, 1.54) is 0 Å². The number of aliphatic carboxylic acids is 1. The second-order valence-corrected chi connectivity index (χ2v) is 3.32. The van der Waals surface area contributed by atoms with Crippen LogP contribution in [-0.4, -0.2) is 16.9 Å². The van der Waals surface area contributed by atoms with E-state index in [-0.39, 0.29) is 12.2 Å². The lowest BCUT2D eigenvalue weighted by molar-refractivity contribution is -0.137. The van der Waals surface area contributed by atoms with Crippen LogP contribution in [-0.2, 0) is 9.59 Å². The van der Waals surface area contributed by atoms with Gasteiger partial charge in [-0.2, -0.15) is 0 Å². The number of hydrogen-bond acceptors (Lipinski definition) is 2. The smallest absolute Gasteiger partial charge is 0.303 e. The lowest BCUT2D eigenvalue weighted by Crippen LogP contribution is -2.00. The highest BCUT2D eigenvalue weighted by Gasteiger charge is 2.03. The van der Waals surface area contributed by atoms with Crippen LogP contribution < -0.4 is 0 Å². The van der Waals surface area contributed by atoms with Crippen LogP contribution in [0.25, 0.3) is 0 Å². The Morgan fingerprint density at radius 2 is 1.71 bits per heavy atom. The number of carboxylic acid groups (broad SMARTS) is 1. The molecule has 0 spiro atoms. The number of unbranched alkanes of at least 4 members (excludes halogenated alkanes) is 2. The van der Waals surface area contributed by atoms with Crippen molar-refractivity contribution in [2.75, 3.05) is 0 Å². The first-order valence-electron chi connectivity index (χ1n) is 5.01. The van der Waals surface area contributed by atoms with Gasteiger partial charge in [-0.05, 0) is 25.7 Å². The summed E-state index contributed by atoms with van der Waals surface area (Å²) in [6, 6.07) is 0. The first kappa shape index (κ1) is 12.9. The summed E-state index contributed by atoms with van der Waals surface area (Å²) in [5, 5.41) is 8.35. The Hall–Kier alpha value is -1.12. The van der Waals surface area contributed by atoms with Gasteiger partial charge in [0.05, 0.1) is 0 Å². The predicted molar refractivity (Wildman–Crippen MR) is 55.2 cm³/mol. The number of carboxylic acids is 1. The number of allylic oxidation sites excluding steroid dienone is 1. The number of carbonyl (C=O) groups is 2. The van der Waals surface area contributed by atoms with Crippen LogP contribution in [0, 0.1) is 0 Å². The molecule has 0 heterocycles. The summed E-state index contributed by atoms with van der Waals surface area (Å²) in [5.41, 5.74) is 0. The molecule has 0 fully saturated rings. The zero-order valence-electron chi connectivity index (χ0n) is 8.50. The summed E-state index contributed by atoms with van der Waals surface area (Å²) in [6.45, 7) is 3.60. The van der Waals surface area contributed by atoms with Crippen molar-refractivity contribution in [3.8, 4) is 0 Å². The summed E-state index contributed by atoms with van der Waals surface area (Å²) in [4.78, 5) is 21.3. The fourth-order valence-corrected chi connectivity index (χ4v) is 1.17. The van der Waals surface area contributed by atoms with Gasteiger partial charge in [-0.1, -0.05) is 6.08 Å². The van der Waals surface area contributed by atoms with Gasteiger partial charge in [0.15, 0.2) is 0 Å². The van der Waals surface area contributed by atoms with Gasteiger partial charge in [0.2, 0.25) is 0 Å². The molecule has 14 heavy (non-hydrogen) atoms. The van der Waals surface area contributed by atoms with Gasteiger partial charge in [-0.3, -0.25) is 9.59 Å². The van der Waals surface area contributed by atoms with Gasteiger partial charge in [0.1, 0.15) is 5.78 Å². The lowest BCUT2D eigenvalue weighted by Gasteiger charge is -1.98. The van der Waals surface area contributed by atoms with E-state index in [0.29, 0.717) is 19.3 Å². The monoisotopic (exact) mass is 198 g/mol. The summed E-state index contributed by atoms with van der Waals surface area (Å²) in [5.74, 6) is -0.653. The van der Waals surface area contributed by atoms with E-state index in [9.17, 15) is 9.59 Å². The molecule has 0 atom stereocenters. The number of Topliss-reactive ketones (excluding diaryl/α,β-unsaturated/α-hetero) is 1. The van der Waals surface area contributed by atoms with Gasteiger partial charge in [0, 0.05) is 19.3 Å². The first-order valence-corrected chi connectivity index (χ1v) is 5.01. The summed E-state index contributed by atoms with van der Waals surface area (Å²) in [7, 11) is 0. The second kappa shape index (κ2) is 8.48. The van der Waals surface area contributed by atoms with Crippen molar-refractivity contribution < 1.29 is 14.7 Å². The highest BCUT2D eigenvalue weighted by Crippen LogP contribution is 2.05. The number of hydrogen-bond donors (Lipinski definition) is 1. The minimum Gasteiger partial charge on any atom is -0.481 e. The van der Waals surface area contributed by atoms with Crippen LogP contribution >= 0.6 is 0 Å². The molecule has 0 saturated carbocycles. The van der Waals surface area contributed by atoms with Crippen LogP contribution in [0.5, 0.6) is 0 Å². The average Bonchev–Trinajstić information content (AvgIpc) is 2.12. The zero-order valence-corrected chi connectivity index (χ0v) is 8.50. The van der Waals surface area contributed by atoms with E-state index in [2.05, 4.69) is 6.58 Å². The molecular formula is C11H18O3. The van der Waals surface area contributed by atoms with Crippen molar-refractivity contribution in [3.63, 3.8) is 0 Å². The standard InChI is InChI=1S/C11H18O3/c1-2-3-4-5-7-10(12)8-6-9-11(13)14/h2H,1,3-9H2,(H,13,14). The van der Waals surface area contributed by atoms with Crippen LogP contribution in [0.4, 0.5) is 0 Å². The minimum atomic E-state index is -0.829. The topological polar surface area (TPSA) is 54.4 Å². The minimum absolute atomic E-state index is 0.0956. The molecular weight excluding hydrogens is 180 g/mol. The van der Waals surface area contributed by atoms with E-state index < -0.39 is 5.97 Å². The van der Waals surface area contributed by atoms with Gasteiger partial charge in [-0.25, -0.2) is 0 Å². The molecule has 0 bridgehead atoms. The van der Waals surface area contributed by atoms with Crippen molar-refractivity contribution in [3.05, 3.63) is 12.7 Å². The van der Waals surface area contributed by atoms with Crippen molar-refractivity contribution >= 4 is 11.8 Å². The highest BCUT2D eigenvalue weighted by molar-refractivity contribution is 5.78. The Balaban J connectivity index is 3.28. The third-order valence-corrected chi connectivity index (χ3v) is 1.96. The van der Waals surface area contributed by atoms with Crippen molar-refractivity contribution in [1.29, 1.82) is 0 Å².